The Balaban J connectivity index is 1.91. The third-order valence-electron chi connectivity index (χ3n) is 5.19. The third kappa shape index (κ3) is 3.44. The summed E-state index contributed by atoms with van der Waals surface area (Å²) < 4.78 is 13.2. The van der Waals surface area contributed by atoms with Crippen LogP contribution in [0.25, 0.3) is 0 Å². The fourth-order valence-corrected chi connectivity index (χ4v) is 3.85. The lowest BCUT2D eigenvalue weighted by Crippen LogP contribution is -2.57. The van der Waals surface area contributed by atoms with Crippen molar-refractivity contribution >= 4 is 11.9 Å². The summed E-state index contributed by atoms with van der Waals surface area (Å²) in [5.41, 5.74) is -0.0998. The van der Waals surface area contributed by atoms with E-state index in [9.17, 15) is 14.0 Å². The molecule has 1 atom stereocenters. The molecule has 2 aliphatic heterocycles. The quantitative estimate of drug-likeness (QED) is 0.614. The number of carbonyl (C=O) groups is 2. The van der Waals surface area contributed by atoms with Gasteiger partial charge >= 0.3 is 6.03 Å². The van der Waals surface area contributed by atoms with Crippen LogP contribution in [0.4, 0.5) is 9.18 Å². The maximum absolute atomic E-state index is 13.2. The highest BCUT2D eigenvalue weighted by Crippen LogP contribution is 2.35. The molecule has 6 heteroatoms. The van der Waals surface area contributed by atoms with E-state index in [0.717, 1.165) is 31.5 Å². The van der Waals surface area contributed by atoms with E-state index in [1.807, 2.05) is 0 Å². The first-order valence-electron chi connectivity index (χ1n) is 8.77. The van der Waals surface area contributed by atoms with Gasteiger partial charge in [-0.1, -0.05) is 18.2 Å². The summed E-state index contributed by atoms with van der Waals surface area (Å²) in [6.07, 6.45) is 4.29. The number of urea groups is 1. The van der Waals surface area contributed by atoms with Crippen LogP contribution in [0.3, 0.4) is 0 Å². The molecule has 0 radical (unpaired) electrons. The average molecular weight is 345 g/mol. The van der Waals surface area contributed by atoms with Crippen LogP contribution in [0.2, 0.25) is 0 Å². The molecule has 2 saturated heterocycles. The second-order valence-electron chi connectivity index (χ2n) is 6.76. The normalized spacial score (nSPS) is 24.4. The monoisotopic (exact) mass is 345 g/mol. The lowest BCUT2D eigenvalue weighted by molar-refractivity contribution is -0.133. The molecule has 2 N–H and O–H groups in total. The van der Waals surface area contributed by atoms with Crippen LogP contribution in [0, 0.1) is 11.7 Å². The number of benzene rings is 1. The standard InChI is InChI=1S/C19H24FN3O2/c1-2-3-12-23-17(24)19(22-18(23)25,15-8-10-21-11-9-15)13-14-4-6-16(20)7-5-14/h2,4-7,15,21H,1,3,8-13H2,(H,22,25)/t19-/m0/s1. The topological polar surface area (TPSA) is 61.4 Å². The van der Waals surface area contributed by atoms with Gasteiger partial charge in [-0.3, -0.25) is 9.69 Å². The predicted molar refractivity (Wildman–Crippen MR) is 93.5 cm³/mol. The van der Waals surface area contributed by atoms with Crippen LogP contribution in [-0.2, 0) is 11.2 Å². The van der Waals surface area contributed by atoms with E-state index in [-0.39, 0.29) is 23.7 Å². The van der Waals surface area contributed by atoms with Gasteiger partial charge in [-0.15, -0.1) is 6.58 Å². The first-order valence-corrected chi connectivity index (χ1v) is 8.77. The van der Waals surface area contributed by atoms with E-state index in [1.54, 1.807) is 18.2 Å². The van der Waals surface area contributed by atoms with Gasteiger partial charge in [0.2, 0.25) is 0 Å². The molecule has 0 spiro atoms. The second kappa shape index (κ2) is 7.35. The van der Waals surface area contributed by atoms with Gasteiger partial charge < -0.3 is 10.6 Å². The minimum Gasteiger partial charge on any atom is -0.322 e. The third-order valence-corrected chi connectivity index (χ3v) is 5.19. The van der Waals surface area contributed by atoms with Gasteiger partial charge in [0, 0.05) is 13.0 Å². The number of nitrogens with zero attached hydrogens (tertiary/aromatic N) is 1. The largest absolute Gasteiger partial charge is 0.325 e. The SMILES string of the molecule is C=CCCN1C(=O)N[C@@](Cc2ccc(F)cc2)(C2CCNCC2)C1=O. The molecular formula is C19H24FN3O2. The predicted octanol–water partition coefficient (Wildman–Crippen LogP) is 2.23. The van der Waals surface area contributed by atoms with E-state index in [1.165, 1.54) is 17.0 Å². The van der Waals surface area contributed by atoms with Gasteiger partial charge in [-0.25, -0.2) is 9.18 Å². The molecule has 25 heavy (non-hydrogen) atoms. The van der Waals surface area contributed by atoms with Crippen molar-refractivity contribution in [3.8, 4) is 0 Å². The zero-order valence-electron chi connectivity index (χ0n) is 14.3. The molecule has 1 aromatic rings. The Bertz CT molecular complexity index is 655. The van der Waals surface area contributed by atoms with E-state index in [0.29, 0.717) is 19.4 Å². The average Bonchev–Trinajstić information content (AvgIpc) is 2.87. The number of hydrogen-bond acceptors (Lipinski definition) is 3. The summed E-state index contributed by atoms with van der Waals surface area (Å²) in [4.78, 5) is 27.0. The Morgan fingerprint density at radius 2 is 1.92 bits per heavy atom. The lowest BCUT2D eigenvalue weighted by Gasteiger charge is -2.38. The molecule has 0 saturated carbocycles. The van der Waals surface area contributed by atoms with Crippen molar-refractivity contribution in [1.82, 2.24) is 15.5 Å². The molecule has 134 valence electrons. The molecule has 3 rings (SSSR count). The van der Waals surface area contributed by atoms with Crippen molar-refractivity contribution in [3.05, 3.63) is 48.3 Å². The van der Waals surface area contributed by atoms with Crippen LogP contribution in [0.1, 0.15) is 24.8 Å². The van der Waals surface area contributed by atoms with Crippen molar-refractivity contribution in [2.75, 3.05) is 19.6 Å². The molecule has 2 aliphatic rings. The number of carbonyl (C=O) groups excluding carboxylic acids is 2. The highest BCUT2D eigenvalue weighted by atomic mass is 19.1. The molecule has 0 unspecified atom stereocenters. The number of piperidine rings is 1. The van der Waals surface area contributed by atoms with Crippen molar-refractivity contribution in [2.24, 2.45) is 5.92 Å². The highest BCUT2D eigenvalue weighted by Gasteiger charge is 2.55. The first kappa shape index (κ1) is 17.6. The molecule has 0 aliphatic carbocycles. The zero-order valence-corrected chi connectivity index (χ0v) is 14.3. The number of amides is 3. The lowest BCUT2D eigenvalue weighted by atomic mass is 9.74. The number of imide groups is 1. The molecule has 1 aromatic carbocycles. The Morgan fingerprint density at radius 3 is 2.56 bits per heavy atom. The van der Waals surface area contributed by atoms with Crippen molar-refractivity contribution in [2.45, 2.75) is 31.2 Å². The van der Waals surface area contributed by atoms with Gasteiger partial charge in [0.25, 0.3) is 5.91 Å². The minimum atomic E-state index is -0.946. The maximum Gasteiger partial charge on any atom is 0.325 e. The summed E-state index contributed by atoms with van der Waals surface area (Å²) in [5.74, 6) is -0.423. The van der Waals surface area contributed by atoms with Crippen molar-refractivity contribution in [3.63, 3.8) is 0 Å². The first-order chi connectivity index (χ1) is 12.1. The molecule has 2 heterocycles. The smallest absolute Gasteiger partial charge is 0.322 e. The maximum atomic E-state index is 13.2. The van der Waals surface area contributed by atoms with Crippen LogP contribution in [0.5, 0.6) is 0 Å². The molecule has 0 bridgehead atoms. The minimum absolute atomic E-state index is 0.0592. The van der Waals surface area contributed by atoms with Gasteiger partial charge in [0.1, 0.15) is 11.4 Å². The van der Waals surface area contributed by atoms with Crippen LogP contribution in [-0.4, -0.2) is 42.0 Å². The van der Waals surface area contributed by atoms with Gasteiger partial charge in [-0.05, 0) is 56.0 Å². The van der Waals surface area contributed by atoms with E-state index in [2.05, 4.69) is 17.2 Å². The number of rotatable bonds is 6. The summed E-state index contributed by atoms with van der Waals surface area (Å²) in [6, 6.07) is 5.81. The van der Waals surface area contributed by atoms with Crippen molar-refractivity contribution in [1.29, 1.82) is 0 Å². The molecular weight excluding hydrogens is 321 g/mol. The highest BCUT2D eigenvalue weighted by molar-refractivity contribution is 6.07. The van der Waals surface area contributed by atoms with Crippen LogP contribution < -0.4 is 10.6 Å². The Hall–Kier alpha value is -2.21. The summed E-state index contributed by atoms with van der Waals surface area (Å²) >= 11 is 0. The second-order valence-corrected chi connectivity index (χ2v) is 6.76. The van der Waals surface area contributed by atoms with Crippen molar-refractivity contribution < 1.29 is 14.0 Å². The van der Waals surface area contributed by atoms with E-state index < -0.39 is 5.54 Å². The van der Waals surface area contributed by atoms with Gasteiger partial charge in [-0.2, -0.15) is 0 Å². The molecule has 5 nitrogen and oxygen atoms in total. The summed E-state index contributed by atoms with van der Waals surface area (Å²) in [5, 5.41) is 6.29. The summed E-state index contributed by atoms with van der Waals surface area (Å²) in [7, 11) is 0. The Morgan fingerprint density at radius 1 is 1.24 bits per heavy atom. The van der Waals surface area contributed by atoms with Gasteiger partial charge in [0.15, 0.2) is 0 Å². The molecule has 2 fully saturated rings. The summed E-state index contributed by atoms with van der Waals surface area (Å²) in [6.45, 7) is 5.65. The Labute approximate surface area is 147 Å². The van der Waals surface area contributed by atoms with Gasteiger partial charge in [0.05, 0.1) is 0 Å². The fraction of sp³-hybridized carbons (Fsp3) is 0.474. The van der Waals surface area contributed by atoms with E-state index in [4.69, 9.17) is 0 Å². The van der Waals surface area contributed by atoms with Crippen LogP contribution in [0.15, 0.2) is 36.9 Å². The Kier molecular flexibility index (Phi) is 5.18. The number of nitrogens with one attached hydrogen (secondary N) is 2. The number of halogens is 1. The van der Waals surface area contributed by atoms with Crippen LogP contribution >= 0.6 is 0 Å². The zero-order chi connectivity index (χ0) is 17.9. The van der Waals surface area contributed by atoms with E-state index >= 15 is 0 Å². The fourth-order valence-electron chi connectivity index (χ4n) is 3.85. The number of hydrogen-bond donors (Lipinski definition) is 2. The molecule has 3 amide bonds. The molecule has 0 aromatic heterocycles.